The van der Waals surface area contributed by atoms with Crippen molar-refractivity contribution < 1.29 is 5.11 Å². The van der Waals surface area contributed by atoms with Crippen molar-refractivity contribution in [3.05, 3.63) is 24.3 Å². The molecule has 0 fully saturated rings. The van der Waals surface area contributed by atoms with Crippen molar-refractivity contribution in [1.82, 2.24) is 0 Å². The monoisotopic (exact) mass is 215 g/mol. The maximum absolute atomic E-state index is 9.06. The summed E-state index contributed by atoms with van der Waals surface area (Å²) < 4.78 is 0. The molecule has 1 aromatic carbocycles. The molecule has 11 heavy (non-hydrogen) atoms. The van der Waals surface area contributed by atoms with Gasteiger partial charge in [-0.25, -0.2) is 0 Å². The number of benzene rings is 1. The van der Waals surface area contributed by atoms with Crippen molar-refractivity contribution in [1.29, 1.82) is 0 Å². The highest BCUT2D eigenvalue weighted by Crippen LogP contribution is 2.14. The van der Waals surface area contributed by atoms with Crippen LogP contribution in [0.4, 0.5) is 5.69 Å². The van der Waals surface area contributed by atoms with Crippen LogP contribution in [0.3, 0.4) is 0 Å². The summed E-state index contributed by atoms with van der Waals surface area (Å²) in [5.74, 6) is 0.296. The van der Waals surface area contributed by atoms with E-state index in [1.165, 1.54) is 0 Å². The molecule has 0 aliphatic rings. The molecule has 0 aliphatic carbocycles. The minimum atomic E-state index is 0.296. The molecular weight excluding hydrogens is 206 g/mol. The fourth-order valence-corrected chi connectivity index (χ4v) is 1.01. The van der Waals surface area contributed by atoms with Gasteiger partial charge < -0.3 is 10.4 Å². The van der Waals surface area contributed by atoms with E-state index in [4.69, 9.17) is 5.11 Å². The fraction of sp³-hybridized carbons (Fsp3) is 0.250. The Hall–Kier alpha value is -0.700. The lowest BCUT2D eigenvalue weighted by molar-refractivity contribution is 0.475. The van der Waals surface area contributed by atoms with Gasteiger partial charge in [0.15, 0.2) is 0 Å². The van der Waals surface area contributed by atoms with E-state index in [1.807, 2.05) is 12.1 Å². The SMILES string of the molecule is Oc1cccc(NCCBr)c1. The van der Waals surface area contributed by atoms with Crippen LogP contribution in [0.5, 0.6) is 5.75 Å². The first kappa shape index (κ1) is 8.40. The summed E-state index contributed by atoms with van der Waals surface area (Å²) >= 11 is 3.30. The smallest absolute Gasteiger partial charge is 0.117 e. The number of nitrogens with one attached hydrogen (secondary N) is 1. The zero-order valence-corrected chi connectivity index (χ0v) is 7.63. The van der Waals surface area contributed by atoms with Crippen LogP contribution in [0.1, 0.15) is 0 Å². The third-order valence-electron chi connectivity index (χ3n) is 1.27. The van der Waals surface area contributed by atoms with Gasteiger partial charge in [0.05, 0.1) is 0 Å². The number of hydrogen-bond donors (Lipinski definition) is 2. The first-order valence-electron chi connectivity index (χ1n) is 3.42. The van der Waals surface area contributed by atoms with E-state index in [0.29, 0.717) is 5.75 Å². The highest BCUT2D eigenvalue weighted by molar-refractivity contribution is 9.09. The molecule has 0 aliphatic heterocycles. The van der Waals surface area contributed by atoms with Crippen LogP contribution in [-0.4, -0.2) is 17.0 Å². The van der Waals surface area contributed by atoms with Crippen LogP contribution in [0.15, 0.2) is 24.3 Å². The molecular formula is C8H10BrNO. The highest BCUT2D eigenvalue weighted by Gasteiger charge is 1.90. The van der Waals surface area contributed by atoms with Gasteiger partial charge >= 0.3 is 0 Å². The van der Waals surface area contributed by atoms with E-state index in [-0.39, 0.29) is 0 Å². The molecule has 1 rings (SSSR count). The molecule has 0 amide bonds. The molecule has 0 radical (unpaired) electrons. The molecule has 0 bridgehead atoms. The molecule has 0 spiro atoms. The van der Waals surface area contributed by atoms with Gasteiger partial charge in [0.2, 0.25) is 0 Å². The first-order chi connectivity index (χ1) is 5.33. The summed E-state index contributed by atoms with van der Waals surface area (Å²) in [4.78, 5) is 0. The Morgan fingerprint density at radius 3 is 2.91 bits per heavy atom. The molecule has 0 saturated heterocycles. The predicted octanol–water partition coefficient (Wildman–Crippen LogP) is 2.20. The van der Waals surface area contributed by atoms with Gasteiger partial charge in [-0.15, -0.1) is 0 Å². The Bertz CT molecular complexity index is 227. The summed E-state index contributed by atoms with van der Waals surface area (Å²) in [6, 6.07) is 7.08. The largest absolute Gasteiger partial charge is 0.508 e. The molecule has 2 N–H and O–H groups in total. The zero-order chi connectivity index (χ0) is 8.10. The van der Waals surface area contributed by atoms with Crippen molar-refractivity contribution in [3.8, 4) is 5.75 Å². The molecule has 0 unspecified atom stereocenters. The van der Waals surface area contributed by atoms with Gasteiger partial charge in [-0.3, -0.25) is 0 Å². The lowest BCUT2D eigenvalue weighted by atomic mass is 10.3. The Balaban J connectivity index is 2.56. The normalized spacial score (nSPS) is 9.55. The lowest BCUT2D eigenvalue weighted by Crippen LogP contribution is -2.01. The summed E-state index contributed by atoms with van der Waals surface area (Å²) in [5.41, 5.74) is 0.949. The van der Waals surface area contributed by atoms with Crippen molar-refractivity contribution in [2.45, 2.75) is 0 Å². The first-order valence-corrected chi connectivity index (χ1v) is 4.54. The zero-order valence-electron chi connectivity index (χ0n) is 6.05. The number of anilines is 1. The van der Waals surface area contributed by atoms with E-state index in [9.17, 15) is 0 Å². The predicted molar refractivity (Wildman–Crippen MR) is 50.4 cm³/mol. The van der Waals surface area contributed by atoms with Crippen molar-refractivity contribution in [3.63, 3.8) is 0 Å². The van der Waals surface area contributed by atoms with Crippen LogP contribution >= 0.6 is 15.9 Å². The minimum absolute atomic E-state index is 0.296. The molecule has 0 aromatic heterocycles. The Morgan fingerprint density at radius 1 is 1.45 bits per heavy atom. The van der Waals surface area contributed by atoms with E-state index >= 15 is 0 Å². The van der Waals surface area contributed by atoms with Gasteiger partial charge in [-0.2, -0.15) is 0 Å². The highest BCUT2D eigenvalue weighted by atomic mass is 79.9. The molecule has 0 saturated carbocycles. The third-order valence-corrected chi connectivity index (χ3v) is 1.67. The molecule has 1 aromatic rings. The van der Waals surface area contributed by atoms with Gasteiger partial charge in [-0.1, -0.05) is 22.0 Å². The molecule has 60 valence electrons. The number of phenols is 1. The number of aromatic hydroxyl groups is 1. The van der Waals surface area contributed by atoms with Gasteiger partial charge in [0.25, 0.3) is 0 Å². The summed E-state index contributed by atoms with van der Waals surface area (Å²) in [6.07, 6.45) is 0. The Kier molecular flexibility index (Phi) is 3.23. The number of rotatable bonds is 3. The third kappa shape index (κ3) is 2.80. The standard InChI is InChI=1S/C8H10BrNO/c9-4-5-10-7-2-1-3-8(11)6-7/h1-3,6,10-11H,4-5H2. The quantitative estimate of drug-likeness (QED) is 0.759. The number of alkyl halides is 1. The average Bonchev–Trinajstić information content (AvgIpc) is 2.01. The molecule has 0 heterocycles. The maximum atomic E-state index is 9.06. The number of phenolic OH excluding ortho intramolecular Hbond substituents is 1. The van der Waals surface area contributed by atoms with Crippen molar-refractivity contribution >= 4 is 21.6 Å². The van der Waals surface area contributed by atoms with Crippen LogP contribution < -0.4 is 5.32 Å². The van der Waals surface area contributed by atoms with Crippen LogP contribution in [0.25, 0.3) is 0 Å². The summed E-state index contributed by atoms with van der Waals surface area (Å²) in [6.45, 7) is 0.865. The number of hydrogen-bond acceptors (Lipinski definition) is 2. The second kappa shape index (κ2) is 4.23. The fourth-order valence-electron chi connectivity index (χ4n) is 0.807. The summed E-state index contributed by atoms with van der Waals surface area (Å²) in [5, 5.41) is 13.1. The molecule has 2 nitrogen and oxygen atoms in total. The van der Waals surface area contributed by atoms with E-state index in [1.54, 1.807) is 12.1 Å². The van der Waals surface area contributed by atoms with Gasteiger partial charge in [0, 0.05) is 23.6 Å². The summed E-state index contributed by atoms with van der Waals surface area (Å²) in [7, 11) is 0. The van der Waals surface area contributed by atoms with Crippen LogP contribution in [-0.2, 0) is 0 Å². The Morgan fingerprint density at radius 2 is 2.27 bits per heavy atom. The van der Waals surface area contributed by atoms with Crippen LogP contribution in [0.2, 0.25) is 0 Å². The topological polar surface area (TPSA) is 32.3 Å². The number of halogens is 1. The average molecular weight is 216 g/mol. The van der Waals surface area contributed by atoms with Crippen LogP contribution in [0, 0.1) is 0 Å². The van der Waals surface area contributed by atoms with E-state index < -0.39 is 0 Å². The lowest BCUT2D eigenvalue weighted by Gasteiger charge is -2.02. The van der Waals surface area contributed by atoms with E-state index in [2.05, 4.69) is 21.2 Å². The Labute approximate surface area is 74.4 Å². The second-order valence-electron chi connectivity index (χ2n) is 2.17. The van der Waals surface area contributed by atoms with Gasteiger partial charge in [-0.05, 0) is 12.1 Å². The van der Waals surface area contributed by atoms with Gasteiger partial charge in [0.1, 0.15) is 5.75 Å². The second-order valence-corrected chi connectivity index (χ2v) is 2.96. The minimum Gasteiger partial charge on any atom is -0.508 e. The van der Waals surface area contributed by atoms with E-state index in [0.717, 1.165) is 17.6 Å². The molecule has 0 atom stereocenters. The van der Waals surface area contributed by atoms with Crippen molar-refractivity contribution in [2.75, 3.05) is 17.2 Å². The molecule has 3 heteroatoms. The maximum Gasteiger partial charge on any atom is 0.117 e. The van der Waals surface area contributed by atoms with Crippen molar-refractivity contribution in [2.24, 2.45) is 0 Å².